The highest BCUT2D eigenvalue weighted by atomic mass is 32.1. The molecule has 170 valence electrons. The first-order valence-corrected chi connectivity index (χ1v) is 10.4. The van der Waals surface area contributed by atoms with E-state index in [9.17, 15) is 14.9 Å². The highest BCUT2D eigenvalue weighted by Gasteiger charge is 2.08. The van der Waals surface area contributed by atoms with E-state index in [2.05, 4.69) is 20.8 Å². The van der Waals surface area contributed by atoms with Crippen LogP contribution in [0.25, 0.3) is 22.8 Å². The van der Waals surface area contributed by atoms with Crippen LogP contribution >= 0.6 is 12.2 Å². The summed E-state index contributed by atoms with van der Waals surface area (Å²) in [5.74, 6) is 0.262. The van der Waals surface area contributed by atoms with Crippen LogP contribution in [0.15, 0.2) is 72.8 Å². The van der Waals surface area contributed by atoms with Crippen LogP contribution < -0.4 is 15.4 Å². The van der Waals surface area contributed by atoms with Crippen molar-refractivity contribution in [1.82, 2.24) is 20.3 Å². The van der Waals surface area contributed by atoms with E-state index in [-0.39, 0.29) is 10.8 Å². The number of nitro groups is 1. The van der Waals surface area contributed by atoms with E-state index in [1.54, 1.807) is 37.4 Å². The van der Waals surface area contributed by atoms with Crippen LogP contribution in [-0.2, 0) is 4.79 Å². The summed E-state index contributed by atoms with van der Waals surface area (Å²) >= 11 is 5.21. The highest BCUT2D eigenvalue weighted by Crippen LogP contribution is 2.19. The van der Waals surface area contributed by atoms with Crippen LogP contribution in [0.4, 0.5) is 11.4 Å². The van der Waals surface area contributed by atoms with Gasteiger partial charge in [0.15, 0.2) is 5.11 Å². The van der Waals surface area contributed by atoms with Gasteiger partial charge in [-0.05, 0) is 66.3 Å². The molecule has 1 heterocycles. The number of hydrogen-bond donors (Lipinski definition) is 2. The van der Waals surface area contributed by atoms with E-state index in [1.807, 2.05) is 24.3 Å². The van der Waals surface area contributed by atoms with Crippen LogP contribution in [0.1, 0.15) is 5.56 Å². The molecule has 1 aromatic heterocycles. The van der Waals surface area contributed by atoms with Crippen LogP contribution in [0.2, 0.25) is 0 Å². The molecule has 0 fully saturated rings. The highest BCUT2D eigenvalue weighted by molar-refractivity contribution is 7.80. The number of benzene rings is 3. The van der Waals surface area contributed by atoms with E-state index in [4.69, 9.17) is 17.0 Å². The quantitative estimate of drug-likeness (QED) is 0.187. The molecule has 10 nitrogen and oxygen atoms in total. The second-order valence-electron chi connectivity index (χ2n) is 7.02. The zero-order valence-electron chi connectivity index (χ0n) is 17.8. The maximum atomic E-state index is 12.2. The Kier molecular flexibility index (Phi) is 6.55. The third-order valence-corrected chi connectivity index (χ3v) is 4.89. The number of carbonyl (C=O) groups excluding carboxylic acids is 1. The largest absolute Gasteiger partial charge is 0.497 e. The number of nitrogens with zero attached hydrogens (tertiary/aromatic N) is 4. The second-order valence-corrected chi connectivity index (χ2v) is 7.43. The van der Waals surface area contributed by atoms with Gasteiger partial charge in [0, 0.05) is 23.9 Å². The number of hydrogen-bond acceptors (Lipinski definition) is 7. The van der Waals surface area contributed by atoms with Gasteiger partial charge in [0.25, 0.3) is 5.69 Å². The first-order chi connectivity index (χ1) is 16.4. The van der Waals surface area contributed by atoms with Gasteiger partial charge in [-0.1, -0.05) is 12.1 Å². The van der Waals surface area contributed by atoms with Gasteiger partial charge in [-0.15, -0.1) is 10.2 Å². The van der Waals surface area contributed by atoms with Gasteiger partial charge in [-0.2, -0.15) is 4.80 Å². The molecule has 4 aromatic rings. The number of fused-ring (bicyclic) bond motifs is 1. The van der Waals surface area contributed by atoms with Crippen LogP contribution in [0, 0.1) is 10.1 Å². The zero-order valence-corrected chi connectivity index (χ0v) is 18.7. The molecular weight excluding hydrogens is 456 g/mol. The predicted octanol–water partition coefficient (Wildman–Crippen LogP) is 3.86. The number of aromatic nitrogens is 3. The molecule has 0 aliphatic carbocycles. The van der Waals surface area contributed by atoms with Crippen molar-refractivity contribution in [2.45, 2.75) is 0 Å². The van der Waals surface area contributed by atoms with Gasteiger partial charge in [0.05, 0.1) is 17.7 Å². The maximum Gasteiger partial charge on any atom is 0.270 e. The Balaban J connectivity index is 1.39. The number of anilines is 1. The van der Waals surface area contributed by atoms with Gasteiger partial charge in [0.1, 0.15) is 16.8 Å². The number of thiocarbonyl (C=S) groups is 1. The van der Waals surface area contributed by atoms with E-state index in [0.717, 1.165) is 11.4 Å². The lowest BCUT2D eigenvalue weighted by Gasteiger charge is -2.07. The molecule has 0 aliphatic heterocycles. The van der Waals surface area contributed by atoms with Gasteiger partial charge >= 0.3 is 0 Å². The smallest absolute Gasteiger partial charge is 0.270 e. The number of non-ortho nitro benzene ring substituents is 1. The number of amides is 1. The standard InChI is InChI=1S/C23H18N6O4S/c1-33-19-9-7-17(8-10-19)28-26-20-11-6-16(14-21(20)27-28)24-23(34)25-22(30)12-5-15-3-2-4-18(13-15)29(31)32/h2-14H,1H3,(H2,24,25,30,34). The summed E-state index contributed by atoms with van der Waals surface area (Å²) in [6.07, 6.45) is 2.71. The number of ether oxygens (including phenoxy) is 1. The molecule has 34 heavy (non-hydrogen) atoms. The summed E-state index contributed by atoms with van der Waals surface area (Å²) in [6, 6.07) is 18.6. The average Bonchev–Trinajstić information content (AvgIpc) is 3.26. The molecule has 0 saturated carbocycles. The molecule has 0 spiro atoms. The lowest BCUT2D eigenvalue weighted by Crippen LogP contribution is -2.32. The maximum absolute atomic E-state index is 12.2. The number of nitro benzene ring substituents is 1. The molecule has 0 saturated heterocycles. The van der Waals surface area contributed by atoms with Crippen molar-refractivity contribution in [2.75, 3.05) is 12.4 Å². The third kappa shape index (κ3) is 5.40. The third-order valence-electron chi connectivity index (χ3n) is 4.69. The van der Waals surface area contributed by atoms with E-state index >= 15 is 0 Å². The number of rotatable bonds is 6. The fourth-order valence-electron chi connectivity index (χ4n) is 3.05. The van der Waals surface area contributed by atoms with E-state index in [0.29, 0.717) is 22.3 Å². The summed E-state index contributed by atoms with van der Waals surface area (Å²) in [5.41, 5.74) is 3.21. The number of methoxy groups -OCH3 is 1. The average molecular weight is 475 g/mol. The molecule has 0 atom stereocenters. The minimum atomic E-state index is -0.497. The molecule has 2 N–H and O–H groups in total. The normalized spacial score (nSPS) is 10.9. The topological polar surface area (TPSA) is 124 Å². The fourth-order valence-corrected chi connectivity index (χ4v) is 3.27. The minimum absolute atomic E-state index is 0.0564. The van der Waals surface area contributed by atoms with Gasteiger partial charge in [-0.25, -0.2) is 0 Å². The van der Waals surface area contributed by atoms with Crippen molar-refractivity contribution >= 4 is 51.7 Å². The van der Waals surface area contributed by atoms with E-state index in [1.165, 1.54) is 29.1 Å². The minimum Gasteiger partial charge on any atom is -0.497 e. The van der Waals surface area contributed by atoms with Crippen molar-refractivity contribution in [2.24, 2.45) is 0 Å². The summed E-state index contributed by atoms with van der Waals surface area (Å²) in [5, 5.41) is 25.4. The van der Waals surface area contributed by atoms with Gasteiger partial charge in [-0.3, -0.25) is 20.2 Å². The Bertz CT molecular complexity index is 1410. The summed E-state index contributed by atoms with van der Waals surface area (Å²) in [4.78, 5) is 24.0. The molecule has 11 heteroatoms. The monoisotopic (exact) mass is 474 g/mol. The van der Waals surface area contributed by atoms with Crippen LogP contribution in [-0.4, -0.2) is 38.0 Å². The van der Waals surface area contributed by atoms with Crippen molar-refractivity contribution in [3.8, 4) is 11.4 Å². The first kappa shape index (κ1) is 22.6. The molecule has 0 bridgehead atoms. The number of carbonyl (C=O) groups is 1. The summed E-state index contributed by atoms with van der Waals surface area (Å²) in [7, 11) is 1.60. The van der Waals surface area contributed by atoms with Gasteiger partial charge in [0.2, 0.25) is 5.91 Å². The molecule has 1 amide bonds. The fraction of sp³-hybridized carbons (Fsp3) is 0.0435. The molecule has 0 aliphatic rings. The predicted molar refractivity (Wildman–Crippen MR) is 132 cm³/mol. The van der Waals surface area contributed by atoms with Crippen molar-refractivity contribution in [1.29, 1.82) is 0 Å². The second kappa shape index (κ2) is 9.88. The van der Waals surface area contributed by atoms with Crippen LogP contribution in [0.5, 0.6) is 5.75 Å². The first-order valence-electron chi connectivity index (χ1n) is 9.97. The van der Waals surface area contributed by atoms with Crippen molar-refractivity contribution in [3.05, 3.63) is 88.5 Å². The lowest BCUT2D eigenvalue weighted by atomic mass is 10.2. The number of nitrogens with one attached hydrogen (secondary N) is 2. The molecule has 3 aromatic carbocycles. The Morgan fingerprint density at radius 3 is 2.59 bits per heavy atom. The van der Waals surface area contributed by atoms with Gasteiger partial charge < -0.3 is 10.1 Å². The molecule has 0 radical (unpaired) electrons. The molecule has 4 rings (SSSR count). The summed E-state index contributed by atoms with van der Waals surface area (Å²) in [6.45, 7) is 0. The molecule has 0 unspecified atom stereocenters. The Labute approximate surface area is 199 Å². The van der Waals surface area contributed by atoms with Crippen molar-refractivity contribution in [3.63, 3.8) is 0 Å². The molecular formula is C23H18N6O4S. The Morgan fingerprint density at radius 1 is 1.09 bits per heavy atom. The Morgan fingerprint density at radius 2 is 1.85 bits per heavy atom. The van der Waals surface area contributed by atoms with Crippen LogP contribution in [0.3, 0.4) is 0 Å². The Hall–Kier alpha value is -4.64. The SMILES string of the molecule is COc1ccc(-n2nc3ccc(NC(=S)NC(=O)C=Cc4cccc([N+](=O)[O-])c4)cc3n2)cc1. The van der Waals surface area contributed by atoms with Crippen molar-refractivity contribution < 1.29 is 14.5 Å². The van der Waals surface area contributed by atoms with E-state index < -0.39 is 10.8 Å². The lowest BCUT2D eigenvalue weighted by molar-refractivity contribution is -0.384. The zero-order chi connectivity index (χ0) is 24.1. The summed E-state index contributed by atoms with van der Waals surface area (Å²) < 4.78 is 5.17.